The Morgan fingerprint density at radius 1 is 1.64 bits per heavy atom. The van der Waals surface area contributed by atoms with Gasteiger partial charge in [0.1, 0.15) is 5.78 Å². The topological polar surface area (TPSA) is 30.0 Å². The first-order chi connectivity index (χ1) is 6.63. The number of hydrogen-bond donors (Lipinski definition) is 0. The van der Waals surface area contributed by atoms with Crippen LogP contribution in [0.4, 0.5) is 0 Å². The average Bonchev–Trinajstić information content (AvgIpc) is 2.20. The van der Waals surface area contributed by atoms with Crippen LogP contribution < -0.4 is 0 Å². The summed E-state index contributed by atoms with van der Waals surface area (Å²) in [5, 5.41) is 0.885. The zero-order chi connectivity index (χ0) is 10.6. The third kappa shape index (κ3) is 3.42. The number of nitrogens with zero attached hydrogens (tertiary/aromatic N) is 1. The van der Waals surface area contributed by atoms with E-state index < -0.39 is 0 Å². The van der Waals surface area contributed by atoms with E-state index in [2.05, 4.69) is 20.9 Å². The first kappa shape index (κ1) is 11.7. The Morgan fingerprint density at radius 2 is 2.36 bits per heavy atom. The molecule has 0 radical (unpaired) electrons. The number of Topliss-reactive ketones (excluding diaryl/α,β-unsaturated/α-hetero) is 1. The molecule has 1 atom stereocenters. The molecule has 1 rings (SSSR count). The third-order valence-corrected chi connectivity index (χ3v) is 3.37. The summed E-state index contributed by atoms with van der Waals surface area (Å²) in [6.07, 6.45) is 2.33. The highest BCUT2D eigenvalue weighted by Gasteiger charge is 2.12. The Kier molecular flexibility index (Phi) is 4.62. The van der Waals surface area contributed by atoms with Crippen LogP contribution in [0.15, 0.2) is 27.8 Å². The van der Waals surface area contributed by atoms with Crippen molar-refractivity contribution in [3.8, 4) is 0 Å². The number of aromatic nitrogens is 1. The van der Waals surface area contributed by atoms with Crippen molar-refractivity contribution in [1.82, 2.24) is 4.98 Å². The van der Waals surface area contributed by atoms with Crippen LogP contribution >= 0.6 is 27.7 Å². The summed E-state index contributed by atoms with van der Waals surface area (Å²) >= 11 is 4.82. The van der Waals surface area contributed by atoms with Crippen molar-refractivity contribution in [2.24, 2.45) is 0 Å². The number of ketones is 1. The molecule has 0 N–H and O–H groups in total. The number of carbonyl (C=O) groups is 1. The number of pyridine rings is 1. The fourth-order valence-corrected chi connectivity index (χ4v) is 2.12. The molecule has 14 heavy (non-hydrogen) atoms. The van der Waals surface area contributed by atoms with Gasteiger partial charge in [-0.05, 0) is 35.0 Å². The summed E-state index contributed by atoms with van der Waals surface area (Å²) in [7, 11) is 0. The third-order valence-electron chi connectivity index (χ3n) is 1.80. The lowest BCUT2D eigenvalue weighted by atomic mass is 10.2. The summed E-state index contributed by atoms with van der Waals surface area (Å²) < 4.78 is 0.955. The van der Waals surface area contributed by atoms with Gasteiger partial charge in [-0.1, -0.05) is 18.7 Å². The molecule has 2 nitrogen and oxygen atoms in total. The number of halogens is 1. The van der Waals surface area contributed by atoms with Crippen LogP contribution in [0.5, 0.6) is 0 Å². The van der Waals surface area contributed by atoms with Crippen LogP contribution in [0.2, 0.25) is 0 Å². The predicted molar refractivity (Wildman–Crippen MR) is 62.6 cm³/mol. The van der Waals surface area contributed by atoms with E-state index in [4.69, 9.17) is 0 Å². The monoisotopic (exact) mass is 273 g/mol. The van der Waals surface area contributed by atoms with E-state index >= 15 is 0 Å². The zero-order valence-electron chi connectivity index (χ0n) is 8.16. The van der Waals surface area contributed by atoms with E-state index in [0.29, 0.717) is 6.42 Å². The van der Waals surface area contributed by atoms with Gasteiger partial charge in [-0.3, -0.25) is 4.79 Å². The van der Waals surface area contributed by atoms with E-state index in [-0.39, 0.29) is 11.0 Å². The first-order valence-corrected chi connectivity index (χ1v) is 6.11. The smallest absolute Gasteiger partial charge is 0.145 e. The van der Waals surface area contributed by atoms with Gasteiger partial charge in [-0.15, -0.1) is 0 Å². The van der Waals surface area contributed by atoms with Gasteiger partial charge in [-0.25, -0.2) is 4.98 Å². The Balaban J connectivity index is 2.60. The summed E-state index contributed by atoms with van der Waals surface area (Å²) in [5.41, 5.74) is 0. The summed E-state index contributed by atoms with van der Waals surface area (Å²) in [6.45, 7) is 3.80. The molecule has 0 bridgehead atoms. The van der Waals surface area contributed by atoms with Crippen molar-refractivity contribution in [3.63, 3.8) is 0 Å². The Labute approximate surface area is 96.6 Å². The quantitative estimate of drug-likeness (QED) is 0.789. The normalized spacial score (nSPS) is 12.5. The fraction of sp³-hybridized carbons (Fsp3) is 0.400. The van der Waals surface area contributed by atoms with Gasteiger partial charge in [0.2, 0.25) is 0 Å². The highest BCUT2D eigenvalue weighted by Crippen LogP contribution is 2.23. The summed E-state index contributed by atoms with van der Waals surface area (Å²) in [4.78, 5) is 15.5. The molecule has 0 aliphatic heterocycles. The molecule has 0 fully saturated rings. The Morgan fingerprint density at radius 3 is 2.86 bits per heavy atom. The Hall–Kier alpha value is -0.350. The van der Waals surface area contributed by atoms with Crippen molar-refractivity contribution >= 4 is 33.5 Å². The molecule has 4 heteroatoms. The molecule has 0 amide bonds. The molecule has 0 spiro atoms. The molecule has 0 saturated carbocycles. The van der Waals surface area contributed by atoms with E-state index in [1.54, 1.807) is 6.20 Å². The SMILES string of the molecule is CCC(=O)C(C)Sc1ccc(Br)cn1. The number of hydrogen-bond acceptors (Lipinski definition) is 3. The van der Waals surface area contributed by atoms with Crippen LogP contribution in [0, 0.1) is 0 Å². The molecule has 0 aromatic carbocycles. The molecular weight excluding hydrogens is 262 g/mol. The Bertz CT molecular complexity index is 312. The molecular formula is C10H12BrNOS. The second-order valence-electron chi connectivity index (χ2n) is 2.89. The zero-order valence-corrected chi connectivity index (χ0v) is 10.6. The van der Waals surface area contributed by atoms with Crippen molar-refractivity contribution < 1.29 is 4.79 Å². The molecule has 0 aliphatic rings. The number of thioether (sulfide) groups is 1. The number of carbonyl (C=O) groups excluding carboxylic acids is 1. The highest BCUT2D eigenvalue weighted by molar-refractivity contribution is 9.10. The lowest BCUT2D eigenvalue weighted by Gasteiger charge is -2.07. The lowest BCUT2D eigenvalue weighted by Crippen LogP contribution is -2.11. The van der Waals surface area contributed by atoms with E-state index in [9.17, 15) is 4.79 Å². The molecule has 76 valence electrons. The van der Waals surface area contributed by atoms with Crippen molar-refractivity contribution in [1.29, 1.82) is 0 Å². The molecule has 0 aliphatic carbocycles. The van der Waals surface area contributed by atoms with Crippen LogP contribution in [0.3, 0.4) is 0 Å². The molecule has 1 aromatic rings. The minimum absolute atomic E-state index is 0.00586. The first-order valence-electron chi connectivity index (χ1n) is 4.44. The second kappa shape index (κ2) is 5.51. The maximum Gasteiger partial charge on any atom is 0.145 e. The van der Waals surface area contributed by atoms with Crippen molar-refractivity contribution in [3.05, 3.63) is 22.8 Å². The summed E-state index contributed by atoms with van der Waals surface area (Å²) in [5.74, 6) is 0.264. The van der Waals surface area contributed by atoms with Gasteiger partial charge in [0.05, 0.1) is 10.3 Å². The van der Waals surface area contributed by atoms with E-state index in [1.807, 2.05) is 26.0 Å². The van der Waals surface area contributed by atoms with Crippen molar-refractivity contribution in [2.75, 3.05) is 0 Å². The van der Waals surface area contributed by atoms with Crippen LogP contribution in [-0.2, 0) is 4.79 Å². The minimum atomic E-state index is -0.00586. The largest absolute Gasteiger partial charge is 0.298 e. The van der Waals surface area contributed by atoms with Crippen LogP contribution in [0.25, 0.3) is 0 Å². The maximum atomic E-state index is 11.3. The molecule has 1 aromatic heterocycles. The number of rotatable bonds is 4. The minimum Gasteiger partial charge on any atom is -0.298 e. The van der Waals surface area contributed by atoms with Gasteiger partial charge in [0.25, 0.3) is 0 Å². The second-order valence-corrected chi connectivity index (χ2v) is 5.17. The van der Waals surface area contributed by atoms with Gasteiger partial charge in [0, 0.05) is 17.1 Å². The standard InChI is InChI=1S/C10H12BrNOS/c1-3-9(13)7(2)14-10-5-4-8(11)6-12-10/h4-7H,3H2,1-2H3. The molecule has 1 unspecified atom stereocenters. The van der Waals surface area contributed by atoms with Gasteiger partial charge in [-0.2, -0.15) is 0 Å². The van der Waals surface area contributed by atoms with Crippen LogP contribution in [0.1, 0.15) is 20.3 Å². The molecule has 0 saturated heterocycles. The van der Waals surface area contributed by atoms with Gasteiger partial charge >= 0.3 is 0 Å². The lowest BCUT2D eigenvalue weighted by molar-refractivity contribution is -0.117. The summed E-state index contributed by atoms with van der Waals surface area (Å²) in [6, 6.07) is 3.84. The maximum absolute atomic E-state index is 11.3. The van der Waals surface area contributed by atoms with Crippen molar-refractivity contribution in [2.45, 2.75) is 30.5 Å². The van der Waals surface area contributed by atoms with Crippen LogP contribution in [-0.4, -0.2) is 16.0 Å². The highest BCUT2D eigenvalue weighted by atomic mass is 79.9. The average molecular weight is 274 g/mol. The van der Waals surface area contributed by atoms with E-state index in [0.717, 1.165) is 9.50 Å². The van der Waals surface area contributed by atoms with E-state index in [1.165, 1.54) is 11.8 Å². The fourth-order valence-electron chi connectivity index (χ4n) is 0.966. The predicted octanol–water partition coefficient (Wildman–Crippen LogP) is 3.30. The van der Waals surface area contributed by atoms with Gasteiger partial charge < -0.3 is 0 Å². The van der Waals surface area contributed by atoms with Gasteiger partial charge in [0.15, 0.2) is 0 Å². The molecule has 1 heterocycles.